The van der Waals surface area contributed by atoms with E-state index in [0.29, 0.717) is 13.1 Å². The van der Waals surface area contributed by atoms with Gasteiger partial charge in [-0.3, -0.25) is 4.79 Å². The standard InChI is InChI=1S/C13H17FN2O/c1-13(2)6-4-8-16(9-13)12(17)10-5-3-7-15-11(10)14/h3,5,7H,4,6,8-9H2,1-2H3. The van der Waals surface area contributed by atoms with Crippen LogP contribution in [0.25, 0.3) is 0 Å². The van der Waals surface area contributed by atoms with E-state index in [0.717, 1.165) is 12.8 Å². The number of halogens is 1. The molecule has 0 radical (unpaired) electrons. The van der Waals surface area contributed by atoms with E-state index in [1.807, 2.05) is 0 Å². The maximum Gasteiger partial charge on any atom is 0.258 e. The molecule has 0 atom stereocenters. The quantitative estimate of drug-likeness (QED) is 0.702. The van der Waals surface area contributed by atoms with Gasteiger partial charge in [0.1, 0.15) is 0 Å². The fourth-order valence-corrected chi connectivity index (χ4v) is 2.31. The zero-order valence-electron chi connectivity index (χ0n) is 10.2. The van der Waals surface area contributed by atoms with Crippen LogP contribution in [0.1, 0.15) is 37.0 Å². The van der Waals surface area contributed by atoms with Gasteiger partial charge in [-0.1, -0.05) is 13.8 Å². The highest BCUT2D eigenvalue weighted by Gasteiger charge is 2.30. The van der Waals surface area contributed by atoms with E-state index in [1.165, 1.54) is 12.3 Å². The van der Waals surface area contributed by atoms with Gasteiger partial charge in [-0.05, 0) is 30.4 Å². The maximum absolute atomic E-state index is 13.4. The predicted octanol–water partition coefficient (Wildman–Crippen LogP) is 2.48. The van der Waals surface area contributed by atoms with Gasteiger partial charge in [0.25, 0.3) is 5.91 Å². The van der Waals surface area contributed by atoms with Crippen LogP contribution in [0.5, 0.6) is 0 Å². The highest BCUT2D eigenvalue weighted by molar-refractivity contribution is 5.94. The van der Waals surface area contributed by atoms with Gasteiger partial charge >= 0.3 is 0 Å². The summed E-state index contributed by atoms with van der Waals surface area (Å²) in [5.41, 5.74) is 0.192. The van der Waals surface area contributed by atoms with Crippen molar-refractivity contribution in [2.45, 2.75) is 26.7 Å². The molecule has 1 aliphatic rings. The van der Waals surface area contributed by atoms with Crippen LogP contribution in [0.3, 0.4) is 0 Å². The Bertz CT molecular complexity index is 431. The normalized spacial score (nSPS) is 19.1. The first kappa shape index (κ1) is 12.0. The van der Waals surface area contributed by atoms with Gasteiger partial charge in [0.05, 0.1) is 5.56 Å². The van der Waals surface area contributed by atoms with E-state index in [9.17, 15) is 9.18 Å². The molecule has 0 spiro atoms. The SMILES string of the molecule is CC1(C)CCCN(C(=O)c2cccnc2F)C1. The van der Waals surface area contributed by atoms with Crippen molar-refractivity contribution in [3.63, 3.8) is 0 Å². The Labute approximate surface area is 101 Å². The Morgan fingerprint density at radius 3 is 2.94 bits per heavy atom. The number of likely N-dealkylation sites (tertiary alicyclic amines) is 1. The molecular weight excluding hydrogens is 219 g/mol. The van der Waals surface area contributed by atoms with E-state index in [1.54, 1.807) is 11.0 Å². The summed E-state index contributed by atoms with van der Waals surface area (Å²) < 4.78 is 13.4. The summed E-state index contributed by atoms with van der Waals surface area (Å²) in [5.74, 6) is -0.927. The maximum atomic E-state index is 13.4. The summed E-state index contributed by atoms with van der Waals surface area (Å²) in [6.45, 7) is 5.65. The first-order valence-corrected chi connectivity index (χ1v) is 5.89. The first-order valence-electron chi connectivity index (χ1n) is 5.89. The molecule has 3 nitrogen and oxygen atoms in total. The summed E-state index contributed by atoms with van der Waals surface area (Å²) in [6.07, 6.45) is 3.43. The van der Waals surface area contributed by atoms with Gasteiger partial charge in [-0.2, -0.15) is 4.39 Å². The van der Waals surface area contributed by atoms with Gasteiger partial charge in [0, 0.05) is 19.3 Å². The minimum atomic E-state index is -0.680. The van der Waals surface area contributed by atoms with Gasteiger partial charge in [-0.25, -0.2) is 4.98 Å². The van der Waals surface area contributed by atoms with Crippen LogP contribution in [0.2, 0.25) is 0 Å². The number of rotatable bonds is 1. The molecule has 1 saturated heterocycles. The molecule has 1 amide bonds. The van der Waals surface area contributed by atoms with E-state index in [4.69, 9.17) is 0 Å². The second-order valence-electron chi connectivity index (χ2n) is 5.34. The summed E-state index contributed by atoms with van der Waals surface area (Å²) >= 11 is 0. The molecule has 4 heteroatoms. The van der Waals surface area contributed by atoms with Crippen molar-refractivity contribution >= 4 is 5.91 Å². The van der Waals surface area contributed by atoms with Crippen LogP contribution in [0.15, 0.2) is 18.3 Å². The highest BCUT2D eigenvalue weighted by atomic mass is 19.1. The van der Waals surface area contributed by atoms with Gasteiger partial charge < -0.3 is 4.90 Å². The lowest BCUT2D eigenvalue weighted by Gasteiger charge is -2.38. The van der Waals surface area contributed by atoms with E-state index in [2.05, 4.69) is 18.8 Å². The molecule has 92 valence electrons. The monoisotopic (exact) mass is 236 g/mol. The van der Waals surface area contributed by atoms with Crippen molar-refractivity contribution in [2.24, 2.45) is 5.41 Å². The minimum absolute atomic E-state index is 0.0743. The molecule has 2 rings (SSSR count). The Hall–Kier alpha value is -1.45. The number of amides is 1. The third-order valence-corrected chi connectivity index (χ3v) is 3.18. The number of aromatic nitrogens is 1. The lowest BCUT2D eigenvalue weighted by atomic mass is 9.84. The van der Waals surface area contributed by atoms with E-state index in [-0.39, 0.29) is 16.9 Å². The second kappa shape index (κ2) is 4.43. The summed E-state index contributed by atoms with van der Waals surface area (Å²) in [7, 11) is 0. The molecule has 0 saturated carbocycles. The summed E-state index contributed by atoms with van der Waals surface area (Å²) in [5, 5.41) is 0. The first-order chi connectivity index (χ1) is 7.99. The fourth-order valence-electron chi connectivity index (χ4n) is 2.31. The van der Waals surface area contributed by atoms with Crippen LogP contribution < -0.4 is 0 Å². The molecule has 0 aromatic carbocycles. The van der Waals surface area contributed by atoms with Crippen molar-refractivity contribution < 1.29 is 9.18 Å². The van der Waals surface area contributed by atoms with Gasteiger partial charge in [0.2, 0.25) is 5.95 Å². The summed E-state index contributed by atoms with van der Waals surface area (Å²) in [4.78, 5) is 17.4. The van der Waals surface area contributed by atoms with Crippen LogP contribution in [-0.2, 0) is 0 Å². The highest BCUT2D eigenvalue weighted by Crippen LogP contribution is 2.29. The zero-order valence-corrected chi connectivity index (χ0v) is 10.2. The van der Waals surface area contributed by atoms with E-state index < -0.39 is 5.95 Å². The summed E-state index contributed by atoms with van der Waals surface area (Å²) in [6, 6.07) is 3.08. The molecule has 1 fully saturated rings. The Morgan fingerprint density at radius 2 is 2.29 bits per heavy atom. The molecule has 2 heterocycles. The zero-order chi connectivity index (χ0) is 12.5. The third kappa shape index (κ3) is 2.62. The number of pyridine rings is 1. The van der Waals surface area contributed by atoms with Gasteiger partial charge in [-0.15, -0.1) is 0 Å². The van der Waals surface area contributed by atoms with Crippen LogP contribution in [0, 0.1) is 11.4 Å². The van der Waals surface area contributed by atoms with Gasteiger partial charge in [0.15, 0.2) is 0 Å². The minimum Gasteiger partial charge on any atom is -0.338 e. The van der Waals surface area contributed by atoms with E-state index >= 15 is 0 Å². The molecule has 1 aromatic heterocycles. The molecule has 0 bridgehead atoms. The van der Waals surface area contributed by atoms with Crippen molar-refractivity contribution in [3.05, 3.63) is 29.8 Å². The van der Waals surface area contributed by atoms with Crippen molar-refractivity contribution in [1.82, 2.24) is 9.88 Å². The molecule has 0 unspecified atom stereocenters. The van der Waals surface area contributed by atoms with Crippen molar-refractivity contribution in [2.75, 3.05) is 13.1 Å². The topological polar surface area (TPSA) is 33.2 Å². The average molecular weight is 236 g/mol. The third-order valence-electron chi connectivity index (χ3n) is 3.18. The van der Waals surface area contributed by atoms with Crippen LogP contribution in [-0.4, -0.2) is 28.9 Å². The lowest BCUT2D eigenvalue weighted by Crippen LogP contribution is -2.43. The van der Waals surface area contributed by atoms with Crippen molar-refractivity contribution in [1.29, 1.82) is 0 Å². The fraction of sp³-hybridized carbons (Fsp3) is 0.538. The number of piperidine rings is 1. The number of hydrogen-bond acceptors (Lipinski definition) is 2. The number of hydrogen-bond donors (Lipinski definition) is 0. The molecule has 0 N–H and O–H groups in total. The Kier molecular flexibility index (Phi) is 3.13. The average Bonchev–Trinajstić information content (AvgIpc) is 2.27. The molecule has 1 aliphatic heterocycles. The Morgan fingerprint density at radius 1 is 1.53 bits per heavy atom. The molecule has 17 heavy (non-hydrogen) atoms. The number of carbonyl (C=O) groups excluding carboxylic acids is 1. The number of carbonyl (C=O) groups is 1. The molecular formula is C13H17FN2O. The Balaban J connectivity index is 2.18. The number of nitrogens with zero attached hydrogens (tertiary/aromatic N) is 2. The van der Waals surface area contributed by atoms with Crippen LogP contribution >= 0.6 is 0 Å². The van der Waals surface area contributed by atoms with Crippen LogP contribution in [0.4, 0.5) is 4.39 Å². The molecule has 1 aromatic rings. The predicted molar refractivity (Wildman–Crippen MR) is 63.1 cm³/mol. The second-order valence-corrected chi connectivity index (χ2v) is 5.34. The largest absolute Gasteiger partial charge is 0.338 e. The molecule has 0 aliphatic carbocycles. The lowest BCUT2D eigenvalue weighted by molar-refractivity contribution is 0.0578. The smallest absolute Gasteiger partial charge is 0.258 e. The van der Waals surface area contributed by atoms with Crippen molar-refractivity contribution in [3.8, 4) is 0 Å².